The van der Waals surface area contributed by atoms with Gasteiger partial charge in [-0.2, -0.15) is 0 Å². The van der Waals surface area contributed by atoms with Gasteiger partial charge in [0.2, 0.25) is 10.0 Å². The molecular weight excluding hydrogens is 274 g/mol. The van der Waals surface area contributed by atoms with Crippen LogP contribution in [0.25, 0.3) is 0 Å². The zero-order valence-corrected chi connectivity index (χ0v) is 13.6. The fourth-order valence-corrected chi connectivity index (χ4v) is 4.18. The van der Waals surface area contributed by atoms with Crippen LogP contribution in [0.4, 0.5) is 0 Å². The topological polar surface area (TPSA) is 61.4 Å². The summed E-state index contributed by atoms with van der Waals surface area (Å²) in [6.07, 6.45) is 8.71. The van der Waals surface area contributed by atoms with Crippen molar-refractivity contribution in [2.45, 2.75) is 63.6 Å². The third-order valence-corrected chi connectivity index (χ3v) is 5.27. The van der Waals surface area contributed by atoms with E-state index >= 15 is 0 Å². The summed E-state index contributed by atoms with van der Waals surface area (Å²) < 4.78 is 24.9. The van der Waals surface area contributed by atoms with Gasteiger partial charge in [-0.05, 0) is 38.6 Å². The highest BCUT2D eigenvalue weighted by Crippen LogP contribution is 2.33. The number of fused-ring (bicyclic) bond motifs is 2. The monoisotopic (exact) mass is 303 g/mol. The number of sulfonamides is 1. The molecule has 0 aliphatic carbocycles. The molecule has 0 aromatic carbocycles. The molecule has 0 amide bonds. The molecule has 118 valence electrons. The Morgan fingerprint density at radius 1 is 1.15 bits per heavy atom. The van der Waals surface area contributed by atoms with Gasteiger partial charge in [0.25, 0.3) is 0 Å². The van der Waals surface area contributed by atoms with Gasteiger partial charge >= 0.3 is 0 Å². The number of rotatable bonds is 7. The van der Waals surface area contributed by atoms with E-state index in [4.69, 9.17) is 0 Å². The van der Waals surface area contributed by atoms with E-state index in [1.165, 1.54) is 44.8 Å². The molecule has 2 bridgehead atoms. The van der Waals surface area contributed by atoms with Crippen molar-refractivity contribution in [3.63, 3.8) is 0 Å². The molecule has 20 heavy (non-hydrogen) atoms. The van der Waals surface area contributed by atoms with Crippen LogP contribution in [0.3, 0.4) is 0 Å². The zero-order valence-electron chi connectivity index (χ0n) is 12.8. The van der Waals surface area contributed by atoms with Crippen LogP contribution < -0.4 is 10.0 Å². The summed E-state index contributed by atoms with van der Waals surface area (Å²) in [4.78, 5) is 2.55. The van der Waals surface area contributed by atoms with Crippen molar-refractivity contribution < 1.29 is 8.42 Å². The van der Waals surface area contributed by atoms with Crippen molar-refractivity contribution in [1.29, 1.82) is 0 Å². The predicted octanol–water partition coefficient (Wildman–Crippen LogP) is 0.921. The highest BCUT2D eigenvalue weighted by atomic mass is 32.2. The molecule has 0 saturated carbocycles. The van der Waals surface area contributed by atoms with Gasteiger partial charge in [0.15, 0.2) is 0 Å². The SMILES string of the molecule is CCCNC1CC2CCCC(C1)N2CCNS(C)(=O)=O. The Morgan fingerprint density at radius 2 is 1.80 bits per heavy atom. The molecule has 2 N–H and O–H groups in total. The van der Waals surface area contributed by atoms with E-state index in [1.807, 2.05) is 0 Å². The van der Waals surface area contributed by atoms with Gasteiger partial charge < -0.3 is 5.32 Å². The third-order valence-electron chi connectivity index (χ3n) is 4.54. The van der Waals surface area contributed by atoms with Crippen LogP contribution in [0.2, 0.25) is 0 Å². The Balaban J connectivity index is 1.85. The number of nitrogens with one attached hydrogen (secondary N) is 2. The van der Waals surface area contributed by atoms with Gasteiger partial charge in [-0.15, -0.1) is 0 Å². The van der Waals surface area contributed by atoms with E-state index in [0.717, 1.165) is 13.1 Å². The Labute approximate surface area is 123 Å². The van der Waals surface area contributed by atoms with Crippen molar-refractivity contribution in [2.75, 3.05) is 25.9 Å². The molecule has 2 fully saturated rings. The smallest absolute Gasteiger partial charge is 0.208 e. The molecule has 2 aliphatic rings. The maximum absolute atomic E-state index is 11.2. The normalized spacial score (nSPS) is 31.4. The molecule has 6 heteroatoms. The summed E-state index contributed by atoms with van der Waals surface area (Å²) in [6.45, 7) is 4.71. The quantitative estimate of drug-likeness (QED) is 0.734. The van der Waals surface area contributed by atoms with Gasteiger partial charge in [-0.25, -0.2) is 13.1 Å². The van der Waals surface area contributed by atoms with Gasteiger partial charge in [0, 0.05) is 31.2 Å². The van der Waals surface area contributed by atoms with Crippen LogP contribution in [0.15, 0.2) is 0 Å². The largest absolute Gasteiger partial charge is 0.314 e. The van der Waals surface area contributed by atoms with E-state index in [1.54, 1.807) is 0 Å². The fourth-order valence-electron chi connectivity index (χ4n) is 3.72. The van der Waals surface area contributed by atoms with Crippen LogP contribution in [0, 0.1) is 0 Å². The Kier molecular flexibility index (Phi) is 5.84. The Bertz CT molecular complexity index is 385. The maximum Gasteiger partial charge on any atom is 0.208 e. The lowest BCUT2D eigenvalue weighted by molar-refractivity contribution is 0.0267. The fraction of sp³-hybridized carbons (Fsp3) is 1.00. The molecule has 2 rings (SSSR count). The minimum absolute atomic E-state index is 0.541. The van der Waals surface area contributed by atoms with Gasteiger partial charge in [0.1, 0.15) is 0 Å². The Morgan fingerprint density at radius 3 is 2.35 bits per heavy atom. The Hall–Kier alpha value is -0.170. The molecular formula is C14H29N3O2S. The van der Waals surface area contributed by atoms with E-state index in [-0.39, 0.29) is 0 Å². The summed E-state index contributed by atoms with van der Waals surface area (Å²) in [5, 5.41) is 3.66. The van der Waals surface area contributed by atoms with E-state index < -0.39 is 10.0 Å². The van der Waals surface area contributed by atoms with E-state index in [0.29, 0.717) is 24.7 Å². The van der Waals surface area contributed by atoms with Crippen molar-refractivity contribution in [3.8, 4) is 0 Å². The summed E-state index contributed by atoms with van der Waals surface area (Å²) >= 11 is 0. The number of hydrogen-bond acceptors (Lipinski definition) is 4. The first-order valence-electron chi connectivity index (χ1n) is 7.93. The lowest BCUT2D eigenvalue weighted by Gasteiger charge is -2.49. The molecule has 0 aromatic heterocycles. The maximum atomic E-state index is 11.2. The minimum atomic E-state index is -3.06. The van der Waals surface area contributed by atoms with E-state index in [2.05, 4.69) is 21.9 Å². The predicted molar refractivity (Wildman–Crippen MR) is 82.3 cm³/mol. The summed E-state index contributed by atoms with van der Waals surface area (Å²) in [6, 6.07) is 1.93. The standard InChI is InChI=1S/C14H29N3O2S/c1-3-7-15-12-10-13-5-4-6-14(11-12)17(13)9-8-16-20(2,18)19/h12-16H,3-11H2,1-2H3. The van der Waals surface area contributed by atoms with Crippen LogP contribution in [-0.4, -0.2) is 57.3 Å². The number of hydrogen-bond donors (Lipinski definition) is 2. The first kappa shape index (κ1) is 16.2. The summed E-state index contributed by atoms with van der Waals surface area (Å²) in [5.74, 6) is 0. The lowest BCUT2D eigenvalue weighted by Crippen LogP contribution is -2.57. The van der Waals surface area contributed by atoms with Crippen molar-refractivity contribution in [2.24, 2.45) is 0 Å². The van der Waals surface area contributed by atoms with Gasteiger partial charge in [-0.3, -0.25) is 4.90 Å². The third kappa shape index (κ3) is 4.69. The molecule has 5 nitrogen and oxygen atoms in total. The highest BCUT2D eigenvalue weighted by Gasteiger charge is 2.37. The second-order valence-electron chi connectivity index (χ2n) is 6.27. The van der Waals surface area contributed by atoms with Crippen LogP contribution in [-0.2, 0) is 10.0 Å². The summed E-state index contributed by atoms with van der Waals surface area (Å²) in [7, 11) is -3.06. The zero-order chi connectivity index (χ0) is 14.6. The molecule has 0 aromatic rings. The minimum Gasteiger partial charge on any atom is -0.314 e. The van der Waals surface area contributed by atoms with Crippen LogP contribution in [0.1, 0.15) is 45.4 Å². The molecule has 2 heterocycles. The number of nitrogens with zero attached hydrogens (tertiary/aromatic N) is 1. The number of piperidine rings is 2. The van der Waals surface area contributed by atoms with Gasteiger partial charge in [-0.1, -0.05) is 13.3 Å². The first-order valence-corrected chi connectivity index (χ1v) is 9.82. The average Bonchev–Trinajstić information content (AvgIpc) is 2.35. The second-order valence-corrected chi connectivity index (χ2v) is 8.10. The van der Waals surface area contributed by atoms with Crippen LogP contribution in [0.5, 0.6) is 0 Å². The molecule has 2 atom stereocenters. The molecule has 0 radical (unpaired) electrons. The highest BCUT2D eigenvalue weighted by molar-refractivity contribution is 7.88. The van der Waals surface area contributed by atoms with Crippen molar-refractivity contribution >= 4 is 10.0 Å². The van der Waals surface area contributed by atoms with Crippen molar-refractivity contribution in [3.05, 3.63) is 0 Å². The van der Waals surface area contributed by atoms with Gasteiger partial charge in [0.05, 0.1) is 6.26 Å². The van der Waals surface area contributed by atoms with Crippen LogP contribution >= 0.6 is 0 Å². The molecule has 2 unspecified atom stereocenters. The van der Waals surface area contributed by atoms with E-state index in [9.17, 15) is 8.42 Å². The molecule has 2 aliphatic heterocycles. The average molecular weight is 303 g/mol. The van der Waals surface area contributed by atoms with Crippen molar-refractivity contribution in [1.82, 2.24) is 14.9 Å². The lowest BCUT2D eigenvalue weighted by atomic mass is 9.81. The molecule has 0 spiro atoms. The first-order chi connectivity index (χ1) is 9.49. The molecule has 2 saturated heterocycles. The second kappa shape index (κ2) is 7.20. The summed E-state index contributed by atoms with van der Waals surface area (Å²) in [5.41, 5.74) is 0.